The number of hydrogen-bond donors (Lipinski definition) is 1. The number of pyridine rings is 1. The van der Waals surface area contributed by atoms with Crippen molar-refractivity contribution in [2.75, 3.05) is 0 Å². The Labute approximate surface area is 99.3 Å². The lowest BCUT2D eigenvalue weighted by atomic mass is 10.1. The minimum atomic E-state index is -0.340. The van der Waals surface area contributed by atoms with Crippen LogP contribution in [0.5, 0.6) is 0 Å². The Balaban J connectivity index is 1.93. The minimum absolute atomic E-state index is 0.171. The molecule has 0 radical (unpaired) electrons. The van der Waals surface area contributed by atoms with Gasteiger partial charge in [0, 0.05) is 19.3 Å². The summed E-state index contributed by atoms with van der Waals surface area (Å²) in [5, 5.41) is 4.09. The molecule has 0 aliphatic rings. The van der Waals surface area contributed by atoms with E-state index in [2.05, 4.69) is 10.1 Å². The molecule has 0 aliphatic carbocycles. The second-order valence-corrected chi connectivity index (χ2v) is 4.07. The van der Waals surface area contributed by atoms with Crippen LogP contribution in [-0.2, 0) is 13.5 Å². The fraction of sp³-hybridized carbons (Fsp3) is 0.333. The third-order valence-electron chi connectivity index (χ3n) is 2.63. The van der Waals surface area contributed by atoms with Crippen LogP contribution in [0, 0.1) is 5.82 Å². The highest BCUT2D eigenvalue weighted by Crippen LogP contribution is 2.14. The van der Waals surface area contributed by atoms with Gasteiger partial charge in [-0.2, -0.15) is 5.10 Å². The van der Waals surface area contributed by atoms with Crippen LogP contribution in [0.1, 0.15) is 23.7 Å². The fourth-order valence-electron chi connectivity index (χ4n) is 1.68. The topological polar surface area (TPSA) is 56.7 Å². The Hall–Kier alpha value is -1.75. The van der Waals surface area contributed by atoms with Crippen molar-refractivity contribution in [2.45, 2.75) is 18.9 Å². The summed E-state index contributed by atoms with van der Waals surface area (Å²) in [6.07, 6.45) is 6.59. The van der Waals surface area contributed by atoms with Gasteiger partial charge in [-0.25, -0.2) is 4.39 Å². The highest BCUT2D eigenvalue weighted by atomic mass is 19.1. The smallest absolute Gasteiger partial charge is 0.141 e. The van der Waals surface area contributed by atoms with Gasteiger partial charge in [-0.05, 0) is 30.5 Å². The molecule has 2 aromatic heterocycles. The summed E-state index contributed by atoms with van der Waals surface area (Å²) in [5.41, 5.74) is 7.85. The molecule has 2 rings (SSSR count). The van der Waals surface area contributed by atoms with Crippen molar-refractivity contribution in [3.05, 3.63) is 47.8 Å². The van der Waals surface area contributed by atoms with Crippen LogP contribution in [-0.4, -0.2) is 14.8 Å². The van der Waals surface area contributed by atoms with Crippen LogP contribution in [0.3, 0.4) is 0 Å². The molecule has 0 spiro atoms. The van der Waals surface area contributed by atoms with Gasteiger partial charge in [0.15, 0.2) is 0 Å². The normalized spacial score (nSPS) is 12.6. The molecular weight excluding hydrogens is 219 g/mol. The molecule has 0 saturated carbocycles. The van der Waals surface area contributed by atoms with Crippen LogP contribution in [0.15, 0.2) is 30.7 Å². The van der Waals surface area contributed by atoms with Crippen molar-refractivity contribution in [3.8, 4) is 0 Å². The van der Waals surface area contributed by atoms with E-state index in [0.717, 1.165) is 24.1 Å². The number of nitrogens with zero attached hydrogens (tertiary/aromatic N) is 3. The van der Waals surface area contributed by atoms with Gasteiger partial charge >= 0.3 is 0 Å². The zero-order valence-corrected chi connectivity index (χ0v) is 9.68. The summed E-state index contributed by atoms with van der Waals surface area (Å²) in [7, 11) is 1.88. The van der Waals surface area contributed by atoms with E-state index in [-0.39, 0.29) is 11.9 Å². The second kappa shape index (κ2) is 5.05. The van der Waals surface area contributed by atoms with Crippen molar-refractivity contribution in [1.82, 2.24) is 14.8 Å². The van der Waals surface area contributed by atoms with Gasteiger partial charge in [0.05, 0.1) is 18.1 Å². The predicted molar refractivity (Wildman–Crippen MR) is 62.7 cm³/mol. The maximum absolute atomic E-state index is 12.7. The van der Waals surface area contributed by atoms with Crippen molar-refractivity contribution < 1.29 is 4.39 Å². The lowest BCUT2D eigenvalue weighted by Gasteiger charge is -2.09. The van der Waals surface area contributed by atoms with Crippen LogP contribution in [0.25, 0.3) is 0 Å². The van der Waals surface area contributed by atoms with Gasteiger partial charge < -0.3 is 5.73 Å². The molecule has 5 heteroatoms. The monoisotopic (exact) mass is 234 g/mol. The summed E-state index contributed by atoms with van der Waals surface area (Å²) in [6, 6.07) is 2.84. The van der Waals surface area contributed by atoms with Crippen LogP contribution < -0.4 is 5.73 Å². The zero-order chi connectivity index (χ0) is 12.3. The van der Waals surface area contributed by atoms with E-state index in [9.17, 15) is 4.39 Å². The summed E-state index contributed by atoms with van der Waals surface area (Å²) in [5.74, 6) is -0.340. The molecule has 17 heavy (non-hydrogen) atoms. The van der Waals surface area contributed by atoms with Gasteiger partial charge in [-0.3, -0.25) is 9.67 Å². The Bertz CT molecular complexity index is 478. The molecule has 1 atom stereocenters. The average molecular weight is 234 g/mol. The first kappa shape index (κ1) is 11.7. The first-order valence-electron chi connectivity index (χ1n) is 5.49. The number of rotatable bonds is 4. The summed E-state index contributed by atoms with van der Waals surface area (Å²) >= 11 is 0. The van der Waals surface area contributed by atoms with E-state index in [4.69, 9.17) is 5.73 Å². The molecule has 0 bridgehead atoms. The van der Waals surface area contributed by atoms with Gasteiger partial charge in [-0.1, -0.05) is 0 Å². The SMILES string of the molecule is Cn1cc(CCC(N)c2ccc(F)cn2)cn1. The summed E-state index contributed by atoms with van der Waals surface area (Å²) in [4.78, 5) is 3.97. The Kier molecular flexibility index (Phi) is 3.49. The van der Waals surface area contributed by atoms with E-state index in [1.165, 1.54) is 12.3 Å². The molecule has 1 unspecified atom stereocenters. The largest absolute Gasteiger partial charge is 0.323 e. The Morgan fingerprint density at radius 2 is 2.24 bits per heavy atom. The van der Waals surface area contributed by atoms with Crippen LogP contribution in [0.2, 0.25) is 0 Å². The lowest BCUT2D eigenvalue weighted by molar-refractivity contribution is 0.601. The van der Waals surface area contributed by atoms with E-state index >= 15 is 0 Å². The molecule has 0 aromatic carbocycles. The van der Waals surface area contributed by atoms with Gasteiger partial charge in [0.2, 0.25) is 0 Å². The fourth-order valence-corrected chi connectivity index (χ4v) is 1.68. The molecule has 2 aromatic rings. The van der Waals surface area contributed by atoms with Crippen LogP contribution >= 0.6 is 0 Å². The first-order valence-corrected chi connectivity index (χ1v) is 5.49. The summed E-state index contributed by atoms with van der Waals surface area (Å²) < 4.78 is 14.5. The molecule has 2 N–H and O–H groups in total. The zero-order valence-electron chi connectivity index (χ0n) is 9.68. The molecule has 4 nitrogen and oxygen atoms in total. The summed E-state index contributed by atoms with van der Waals surface area (Å²) in [6.45, 7) is 0. The maximum atomic E-state index is 12.7. The number of hydrogen-bond acceptors (Lipinski definition) is 3. The third kappa shape index (κ3) is 3.10. The molecule has 2 heterocycles. The third-order valence-corrected chi connectivity index (χ3v) is 2.63. The maximum Gasteiger partial charge on any atom is 0.141 e. The van der Waals surface area contributed by atoms with Crippen molar-refractivity contribution in [3.63, 3.8) is 0 Å². The van der Waals surface area contributed by atoms with Crippen molar-refractivity contribution >= 4 is 0 Å². The Morgan fingerprint density at radius 3 is 2.82 bits per heavy atom. The van der Waals surface area contributed by atoms with E-state index in [1.54, 1.807) is 10.7 Å². The van der Waals surface area contributed by atoms with Crippen molar-refractivity contribution in [1.29, 1.82) is 0 Å². The molecule has 90 valence electrons. The Morgan fingerprint density at radius 1 is 1.41 bits per heavy atom. The number of nitrogens with two attached hydrogens (primary N) is 1. The number of aromatic nitrogens is 3. The molecule has 0 aliphatic heterocycles. The number of aryl methyl sites for hydroxylation is 2. The predicted octanol–water partition coefficient (Wildman–Crippen LogP) is 1.59. The van der Waals surface area contributed by atoms with E-state index in [0.29, 0.717) is 0 Å². The molecule has 0 amide bonds. The highest BCUT2D eigenvalue weighted by molar-refractivity contribution is 5.11. The van der Waals surface area contributed by atoms with Crippen molar-refractivity contribution in [2.24, 2.45) is 12.8 Å². The van der Waals surface area contributed by atoms with Gasteiger partial charge in [0.1, 0.15) is 5.82 Å². The quantitative estimate of drug-likeness (QED) is 0.874. The highest BCUT2D eigenvalue weighted by Gasteiger charge is 2.08. The molecule has 0 saturated heterocycles. The lowest BCUT2D eigenvalue weighted by Crippen LogP contribution is -2.12. The number of halogens is 1. The van der Waals surface area contributed by atoms with Gasteiger partial charge in [-0.15, -0.1) is 0 Å². The standard InChI is InChI=1S/C12H15FN4/c1-17-8-9(6-16-17)2-4-11(14)12-5-3-10(13)7-15-12/h3,5-8,11H,2,4,14H2,1H3. The average Bonchev–Trinajstić information content (AvgIpc) is 2.73. The molecule has 0 fully saturated rings. The van der Waals surface area contributed by atoms with Crippen LogP contribution in [0.4, 0.5) is 4.39 Å². The van der Waals surface area contributed by atoms with E-state index in [1.807, 2.05) is 19.4 Å². The second-order valence-electron chi connectivity index (χ2n) is 4.07. The molecular formula is C12H15FN4. The first-order chi connectivity index (χ1) is 8.15. The van der Waals surface area contributed by atoms with E-state index < -0.39 is 0 Å². The van der Waals surface area contributed by atoms with Gasteiger partial charge in [0.25, 0.3) is 0 Å². The minimum Gasteiger partial charge on any atom is -0.323 e.